The standard InChI is InChI=1S/C17H17BrFN/c1-11-3-2-4-12(7-11)13-8-15(9-13)20-17-6-5-14(18)10-16(17)19/h2-7,10,13,15,20H,8-9H2,1H3. The van der Waals surface area contributed by atoms with E-state index in [1.807, 2.05) is 6.07 Å². The molecule has 2 aromatic rings. The molecule has 0 heterocycles. The van der Waals surface area contributed by atoms with Crippen LogP contribution in [0.3, 0.4) is 0 Å². The Labute approximate surface area is 127 Å². The molecule has 1 N–H and O–H groups in total. The van der Waals surface area contributed by atoms with Crippen LogP contribution >= 0.6 is 15.9 Å². The number of anilines is 1. The third-order valence-corrected chi connectivity index (χ3v) is 4.44. The van der Waals surface area contributed by atoms with Crippen LogP contribution in [0.1, 0.15) is 29.9 Å². The number of benzene rings is 2. The lowest BCUT2D eigenvalue weighted by Gasteiger charge is -2.37. The van der Waals surface area contributed by atoms with E-state index < -0.39 is 0 Å². The van der Waals surface area contributed by atoms with Crippen molar-refractivity contribution in [3.05, 3.63) is 63.9 Å². The van der Waals surface area contributed by atoms with Crippen molar-refractivity contribution in [3.63, 3.8) is 0 Å². The number of hydrogen-bond donors (Lipinski definition) is 1. The zero-order chi connectivity index (χ0) is 14.1. The first kappa shape index (κ1) is 13.6. The molecule has 3 rings (SSSR count). The molecular formula is C17H17BrFN. The highest BCUT2D eigenvalue weighted by Gasteiger charge is 2.30. The molecule has 0 amide bonds. The number of nitrogens with one attached hydrogen (secondary N) is 1. The number of halogens is 2. The molecule has 0 aromatic heterocycles. The third kappa shape index (κ3) is 2.88. The first-order chi connectivity index (χ1) is 9.61. The predicted octanol–water partition coefficient (Wildman–Crippen LogP) is 5.25. The molecule has 1 nitrogen and oxygen atoms in total. The maximum Gasteiger partial charge on any atom is 0.147 e. The van der Waals surface area contributed by atoms with Crippen molar-refractivity contribution < 1.29 is 4.39 Å². The number of rotatable bonds is 3. The van der Waals surface area contributed by atoms with Gasteiger partial charge in [0.05, 0.1) is 5.69 Å². The molecule has 20 heavy (non-hydrogen) atoms. The highest BCUT2D eigenvalue weighted by molar-refractivity contribution is 9.10. The van der Waals surface area contributed by atoms with Crippen LogP contribution in [0, 0.1) is 12.7 Å². The van der Waals surface area contributed by atoms with Crippen LogP contribution in [-0.4, -0.2) is 6.04 Å². The zero-order valence-corrected chi connectivity index (χ0v) is 13.0. The van der Waals surface area contributed by atoms with E-state index in [9.17, 15) is 4.39 Å². The van der Waals surface area contributed by atoms with Gasteiger partial charge in [0.15, 0.2) is 0 Å². The molecular weight excluding hydrogens is 317 g/mol. The van der Waals surface area contributed by atoms with Gasteiger partial charge in [0.25, 0.3) is 0 Å². The lowest BCUT2D eigenvalue weighted by Crippen LogP contribution is -2.34. The topological polar surface area (TPSA) is 12.0 Å². The van der Waals surface area contributed by atoms with Gasteiger partial charge in [-0.25, -0.2) is 4.39 Å². The number of aryl methyl sites for hydroxylation is 1. The molecule has 1 fully saturated rings. The summed E-state index contributed by atoms with van der Waals surface area (Å²) < 4.78 is 14.5. The lowest BCUT2D eigenvalue weighted by atomic mass is 9.75. The van der Waals surface area contributed by atoms with Crippen molar-refractivity contribution in [2.45, 2.75) is 31.7 Å². The van der Waals surface area contributed by atoms with Crippen molar-refractivity contribution in [3.8, 4) is 0 Å². The molecule has 0 saturated heterocycles. The van der Waals surface area contributed by atoms with E-state index >= 15 is 0 Å². The highest BCUT2D eigenvalue weighted by atomic mass is 79.9. The normalized spacial score (nSPS) is 21.4. The van der Waals surface area contributed by atoms with E-state index in [1.165, 1.54) is 17.2 Å². The molecule has 1 aliphatic rings. The highest BCUT2D eigenvalue weighted by Crippen LogP contribution is 2.39. The second-order valence-electron chi connectivity index (χ2n) is 5.55. The Kier molecular flexibility index (Phi) is 3.79. The van der Waals surface area contributed by atoms with Crippen LogP contribution in [-0.2, 0) is 0 Å². The molecule has 1 saturated carbocycles. The monoisotopic (exact) mass is 333 g/mol. The minimum Gasteiger partial charge on any atom is -0.380 e. The van der Waals surface area contributed by atoms with Gasteiger partial charge in [-0.3, -0.25) is 0 Å². The Morgan fingerprint density at radius 2 is 1.95 bits per heavy atom. The van der Waals surface area contributed by atoms with E-state index in [1.54, 1.807) is 6.07 Å². The summed E-state index contributed by atoms with van der Waals surface area (Å²) >= 11 is 3.27. The van der Waals surface area contributed by atoms with Crippen molar-refractivity contribution >= 4 is 21.6 Å². The molecule has 104 valence electrons. The molecule has 0 aliphatic heterocycles. The van der Waals surface area contributed by atoms with Gasteiger partial charge in [0.1, 0.15) is 5.82 Å². The van der Waals surface area contributed by atoms with Crippen LogP contribution in [0.25, 0.3) is 0 Å². The molecule has 2 aromatic carbocycles. The van der Waals surface area contributed by atoms with E-state index in [2.05, 4.69) is 52.4 Å². The SMILES string of the molecule is Cc1cccc(C2CC(Nc3ccc(Br)cc3F)C2)c1. The van der Waals surface area contributed by atoms with Gasteiger partial charge < -0.3 is 5.32 Å². The first-order valence-electron chi connectivity index (χ1n) is 6.90. The molecule has 0 spiro atoms. The largest absolute Gasteiger partial charge is 0.380 e. The molecule has 0 atom stereocenters. The molecule has 0 bridgehead atoms. The molecule has 0 unspecified atom stereocenters. The van der Waals surface area contributed by atoms with Crippen molar-refractivity contribution in [2.24, 2.45) is 0 Å². The van der Waals surface area contributed by atoms with Crippen molar-refractivity contribution in [2.75, 3.05) is 5.32 Å². The van der Waals surface area contributed by atoms with Crippen molar-refractivity contribution in [1.82, 2.24) is 0 Å². The third-order valence-electron chi connectivity index (χ3n) is 3.94. The van der Waals surface area contributed by atoms with Crippen LogP contribution in [0.15, 0.2) is 46.9 Å². The maximum atomic E-state index is 13.8. The average molecular weight is 334 g/mol. The predicted molar refractivity (Wildman–Crippen MR) is 84.7 cm³/mol. The van der Waals surface area contributed by atoms with Gasteiger partial charge >= 0.3 is 0 Å². The van der Waals surface area contributed by atoms with E-state index in [0.717, 1.165) is 17.3 Å². The smallest absolute Gasteiger partial charge is 0.147 e. The second kappa shape index (κ2) is 5.57. The van der Waals surface area contributed by atoms with E-state index in [0.29, 0.717) is 17.6 Å². The maximum absolute atomic E-state index is 13.8. The summed E-state index contributed by atoms with van der Waals surface area (Å²) in [7, 11) is 0. The minimum atomic E-state index is -0.196. The molecule has 0 radical (unpaired) electrons. The molecule has 3 heteroatoms. The quantitative estimate of drug-likeness (QED) is 0.808. The van der Waals surface area contributed by atoms with Crippen LogP contribution < -0.4 is 5.32 Å². The Balaban J connectivity index is 1.61. The summed E-state index contributed by atoms with van der Waals surface area (Å²) in [6, 6.07) is 14.2. The van der Waals surface area contributed by atoms with Gasteiger partial charge in [0, 0.05) is 10.5 Å². The minimum absolute atomic E-state index is 0.196. The summed E-state index contributed by atoms with van der Waals surface area (Å²) in [5.74, 6) is 0.407. The first-order valence-corrected chi connectivity index (χ1v) is 7.69. The Hall–Kier alpha value is -1.35. The van der Waals surface area contributed by atoms with Gasteiger partial charge in [-0.15, -0.1) is 0 Å². The van der Waals surface area contributed by atoms with Gasteiger partial charge in [-0.2, -0.15) is 0 Å². The Morgan fingerprint density at radius 3 is 2.65 bits per heavy atom. The summed E-state index contributed by atoms with van der Waals surface area (Å²) in [5.41, 5.74) is 3.30. The van der Waals surface area contributed by atoms with Crippen LogP contribution in [0.4, 0.5) is 10.1 Å². The summed E-state index contributed by atoms with van der Waals surface area (Å²) in [6.07, 6.45) is 2.14. The van der Waals surface area contributed by atoms with Gasteiger partial charge in [-0.05, 0) is 49.4 Å². The summed E-state index contributed by atoms with van der Waals surface area (Å²) in [5, 5.41) is 3.29. The number of hydrogen-bond acceptors (Lipinski definition) is 1. The summed E-state index contributed by atoms with van der Waals surface area (Å²) in [6.45, 7) is 2.12. The fourth-order valence-electron chi connectivity index (χ4n) is 2.76. The Morgan fingerprint density at radius 1 is 1.15 bits per heavy atom. The van der Waals surface area contributed by atoms with E-state index in [-0.39, 0.29) is 5.82 Å². The van der Waals surface area contributed by atoms with Gasteiger partial charge in [0.2, 0.25) is 0 Å². The fourth-order valence-corrected chi connectivity index (χ4v) is 3.09. The second-order valence-corrected chi connectivity index (χ2v) is 6.46. The zero-order valence-electron chi connectivity index (χ0n) is 11.4. The van der Waals surface area contributed by atoms with Crippen LogP contribution in [0.5, 0.6) is 0 Å². The molecule has 1 aliphatic carbocycles. The van der Waals surface area contributed by atoms with E-state index in [4.69, 9.17) is 0 Å². The average Bonchev–Trinajstić information content (AvgIpc) is 2.35. The fraction of sp³-hybridized carbons (Fsp3) is 0.294. The van der Waals surface area contributed by atoms with Crippen LogP contribution in [0.2, 0.25) is 0 Å². The lowest BCUT2D eigenvalue weighted by molar-refractivity contribution is 0.373. The summed E-state index contributed by atoms with van der Waals surface area (Å²) in [4.78, 5) is 0. The Bertz CT molecular complexity index is 620. The van der Waals surface area contributed by atoms with Crippen molar-refractivity contribution in [1.29, 1.82) is 0 Å². The van der Waals surface area contributed by atoms with Gasteiger partial charge in [-0.1, -0.05) is 45.8 Å².